The van der Waals surface area contributed by atoms with E-state index >= 15 is 0 Å². The minimum absolute atomic E-state index is 0.0288. The first-order valence-electron chi connectivity index (χ1n) is 4.94. The van der Waals surface area contributed by atoms with E-state index in [1.54, 1.807) is 12.3 Å². The van der Waals surface area contributed by atoms with E-state index in [4.69, 9.17) is 23.2 Å². The summed E-state index contributed by atoms with van der Waals surface area (Å²) < 4.78 is 2.29. The molecular formula is C12H7Cl2IN2O. The van der Waals surface area contributed by atoms with Crippen molar-refractivity contribution < 1.29 is 0 Å². The molecule has 0 radical (unpaired) electrons. The highest BCUT2D eigenvalue weighted by atomic mass is 127. The lowest BCUT2D eigenvalue weighted by Gasteiger charge is -1.99. The maximum atomic E-state index is 11.7. The summed E-state index contributed by atoms with van der Waals surface area (Å²) in [6.45, 7) is 0. The predicted molar refractivity (Wildman–Crippen MR) is 82.9 cm³/mol. The monoisotopic (exact) mass is 392 g/mol. The van der Waals surface area contributed by atoms with E-state index in [2.05, 4.69) is 27.7 Å². The van der Waals surface area contributed by atoms with Gasteiger partial charge in [-0.15, -0.1) is 0 Å². The molecule has 0 atom stereocenters. The van der Waals surface area contributed by atoms with Gasteiger partial charge >= 0.3 is 0 Å². The molecule has 0 unspecified atom stereocenters. The second-order valence-corrected chi connectivity index (χ2v) is 5.45. The number of hydrogen-bond donors (Lipinski definition) is 0. The molecule has 0 saturated carbocycles. The molecule has 0 amide bonds. The Hall–Kier alpha value is -0.850. The predicted octanol–water partition coefficient (Wildman–Crippen LogP) is 3.78. The zero-order valence-electron chi connectivity index (χ0n) is 8.98. The average molecular weight is 393 g/mol. The van der Waals surface area contributed by atoms with Gasteiger partial charge in [-0.1, -0.05) is 35.3 Å². The van der Waals surface area contributed by atoms with Gasteiger partial charge in [-0.3, -0.25) is 4.79 Å². The number of rotatable bonds is 2. The summed E-state index contributed by atoms with van der Waals surface area (Å²) in [7, 11) is 0. The Morgan fingerprint density at radius 1 is 1.22 bits per heavy atom. The fourth-order valence-corrected chi connectivity index (χ4v) is 1.88. The van der Waals surface area contributed by atoms with Crippen LogP contribution in [0.25, 0.3) is 12.3 Å². The van der Waals surface area contributed by atoms with Gasteiger partial charge in [0.25, 0.3) is 5.56 Å². The van der Waals surface area contributed by atoms with Crippen molar-refractivity contribution in [3.8, 4) is 0 Å². The summed E-state index contributed by atoms with van der Waals surface area (Å²) in [5.41, 5.74) is 0.529. The Balaban J connectivity index is 2.32. The molecule has 0 N–H and O–H groups in total. The third-order valence-corrected chi connectivity index (χ3v) is 3.65. The van der Waals surface area contributed by atoms with Crippen molar-refractivity contribution in [1.82, 2.24) is 9.78 Å². The molecule has 1 aromatic carbocycles. The maximum absolute atomic E-state index is 11.7. The largest absolute Gasteiger partial charge is 0.291 e. The van der Waals surface area contributed by atoms with Gasteiger partial charge in [-0.2, -0.15) is 5.10 Å². The molecule has 0 aliphatic heterocycles. The van der Waals surface area contributed by atoms with Crippen LogP contribution >= 0.6 is 45.8 Å². The van der Waals surface area contributed by atoms with Crippen molar-refractivity contribution in [2.24, 2.45) is 0 Å². The fourth-order valence-electron chi connectivity index (χ4n) is 1.26. The Bertz CT molecular complexity index is 650. The molecule has 0 fully saturated rings. The van der Waals surface area contributed by atoms with Crippen molar-refractivity contribution in [3.05, 3.63) is 60.0 Å². The smallest absolute Gasteiger partial charge is 0.266 e. The van der Waals surface area contributed by atoms with Crippen molar-refractivity contribution in [2.75, 3.05) is 0 Å². The molecule has 6 heteroatoms. The highest BCUT2D eigenvalue weighted by Gasteiger charge is 2.04. The van der Waals surface area contributed by atoms with Crippen LogP contribution in [0.15, 0.2) is 35.3 Å². The number of aromatic nitrogens is 2. The lowest BCUT2D eigenvalue weighted by Crippen LogP contribution is -2.18. The van der Waals surface area contributed by atoms with Crippen molar-refractivity contribution >= 4 is 58.1 Å². The normalized spacial score (nSPS) is 11.1. The number of hydrogen-bond acceptors (Lipinski definition) is 2. The van der Waals surface area contributed by atoms with Gasteiger partial charge in [-0.05, 0) is 46.4 Å². The van der Waals surface area contributed by atoms with Gasteiger partial charge in [0.15, 0.2) is 0 Å². The van der Waals surface area contributed by atoms with Crippen molar-refractivity contribution in [3.63, 3.8) is 0 Å². The number of benzene rings is 1. The van der Waals surface area contributed by atoms with E-state index in [1.807, 2.05) is 24.3 Å². The molecule has 2 rings (SSSR count). The molecule has 2 aromatic rings. The Morgan fingerprint density at radius 3 is 2.56 bits per heavy atom. The van der Waals surface area contributed by atoms with E-state index in [0.717, 1.165) is 13.8 Å². The van der Waals surface area contributed by atoms with Crippen molar-refractivity contribution in [2.45, 2.75) is 0 Å². The number of nitrogens with zero attached hydrogens (tertiary/aromatic N) is 2. The van der Waals surface area contributed by atoms with Crippen LogP contribution in [0.5, 0.6) is 0 Å². The topological polar surface area (TPSA) is 34.9 Å². The van der Waals surface area contributed by atoms with Crippen LogP contribution in [0, 0.1) is 3.57 Å². The third kappa shape index (κ3) is 3.13. The Kier molecular flexibility index (Phi) is 4.42. The van der Waals surface area contributed by atoms with Gasteiger partial charge in [0.2, 0.25) is 0 Å². The van der Waals surface area contributed by atoms with Gasteiger partial charge in [0.1, 0.15) is 5.02 Å². The van der Waals surface area contributed by atoms with Gasteiger partial charge in [0, 0.05) is 9.77 Å². The van der Waals surface area contributed by atoms with E-state index in [9.17, 15) is 4.79 Å². The summed E-state index contributed by atoms with van der Waals surface area (Å²) in [5.74, 6) is 0. The van der Waals surface area contributed by atoms with Gasteiger partial charge in [0.05, 0.1) is 11.2 Å². The minimum Gasteiger partial charge on any atom is -0.266 e. The number of halogens is 3. The maximum Gasteiger partial charge on any atom is 0.291 e. The summed E-state index contributed by atoms with van der Waals surface area (Å²) in [6, 6.07) is 7.85. The van der Waals surface area contributed by atoms with Crippen LogP contribution in [-0.4, -0.2) is 9.78 Å². The highest BCUT2D eigenvalue weighted by molar-refractivity contribution is 14.1. The molecule has 92 valence electrons. The van der Waals surface area contributed by atoms with E-state index < -0.39 is 5.56 Å². The Morgan fingerprint density at radius 2 is 1.89 bits per heavy atom. The van der Waals surface area contributed by atoms with Gasteiger partial charge in [-0.25, -0.2) is 4.68 Å². The molecular weight excluding hydrogens is 386 g/mol. The Labute approximate surface area is 127 Å². The molecule has 1 aromatic heterocycles. The first-order valence-corrected chi connectivity index (χ1v) is 6.78. The second-order valence-electron chi connectivity index (χ2n) is 3.42. The van der Waals surface area contributed by atoms with Gasteiger partial charge < -0.3 is 0 Å². The summed E-state index contributed by atoms with van der Waals surface area (Å²) in [4.78, 5) is 11.7. The molecule has 1 heterocycles. The summed E-state index contributed by atoms with van der Waals surface area (Å²) in [6.07, 6.45) is 4.66. The molecule has 3 nitrogen and oxygen atoms in total. The minimum atomic E-state index is -0.439. The molecule has 0 spiro atoms. The first-order chi connectivity index (χ1) is 8.58. The first kappa shape index (κ1) is 13.6. The zero-order valence-corrected chi connectivity index (χ0v) is 12.6. The third-order valence-electron chi connectivity index (χ3n) is 2.18. The van der Waals surface area contributed by atoms with E-state index in [0.29, 0.717) is 0 Å². The SMILES string of the molecule is O=c1c(Cl)c(Cl)cnn1/C=C/c1ccc(I)cc1. The highest BCUT2D eigenvalue weighted by Crippen LogP contribution is 2.15. The van der Waals surface area contributed by atoms with E-state index in [1.165, 1.54) is 6.20 Å². The quantitative estimate of drug-likeness (QED) is 0.729. The van der Waals surface area contributed by atoms with Crippen LogP contribution in [-0.2, 0) is 0 Å². The molecule has 18 heavy (non-hydrogen) atoms. The molecule has 0 aliphatic rings. The average Bonchev–Trinajstić information content (AvgIpc) is 2.37. The fraction of sp³-hybridized carbons (Fsp3) is 0. The second kappa shape index (κ2) is 5.86. The van der Waals surface area contributed by atoms with E-state index in [-0.39, 0.29) is 10.0 Å². The lowest BCUT2D eigenvalue weighted by molar-refractivity contribution is 0.855. The molecule has 0 aliphatic carbocycles. The standard InChI is InChI=1S/C12H7Cl2IN2O/c13-10-7-16-17(12(18)11(10)14)6-5-8-1-3-9(15)4-2-8/h1-7H/b6-5+. The molecule has 0 bridgehead atoms. The molecule has 0 saturated heterocycles. The zero-order chi connectivity index (χ0) is 13.1. The van der Waals surface area contributed by atoms with Crippen LogP contribution in [0.4, 0.5) is 0 Å². The lowest BCUT2D eigenvalue weighted by atomic mass is 10.2. The summed E-state index contributed by atoms with van der Waals surface area (Å²) >= 11 is 13.7. The summed E-state index contributed by atoms with van der Waals surface area (Å²) in [5, 5.41) is 4.00. The van der Waals surface area contributed by atoms with Crippen LogP contribution < -0.4 is 5.56 Å². The van der Waals surface area contributed by atoms with Crippen LogP contribution in [0.1, 0.15) is 5.56 Å². The van der Waals surface area contributed by atoms with Crippen molar-refractivity contribution in [1.29, 1.82) is 0 Å². The van der Waals surface area contributed by atoms with Crippen LogP contribution in [0.2, 0.25) is 10.0 Å². The van der Waals surface area contributed by atoms with Crippen LogP contribution in [0.3, 0.4) is 0 Å².